The molecule has 0 amide bonds. The Hall–Kier alpha value is -2.77. The van der Waals surface area contributed by atoms with Gasteiger partial charge in [-0.1, -0.05) is 13.8 Å². The second-order valence-corrected chi connectivity index (χ2v) is 9.05. The van der Waals surface area contributed by atoms with E-state index in [0.717, 1.165) is 66.5 Å². The number of anilines is 1. The number of hydrogen-bond acceptors (Lipinski definition) is 6. The highest BCUT2D eigenvalue weighted by Crippen LogP contribution is 2.30. The molecule has 7 nitrogen and oxygen atoms in total. The van der Waals surface area contributed by atoms with E-state index < -0.39 is 0 Å². The normalized spacial score (nSPS) is 14.9. The van der Waals surface area contributed by atoms with Crippen LogP contribution in [0.4, 0.5) is 5.82 Å². The average Bonchev–Trinajstić information content (AvgIpc) is 2.79. The first kappa shape index (κ1) is 22.4. The maximum absolute atomic E-state index is 12.1. The average molecular weight is 453 g/mol. The Balaban J connectivity index is 1.51. The van der Waals surface area contributed by atoms with Crippen LogP contribution in [0.2, 0.25) is 5.28 Å². The summed E-state index contributed by atoms with van der Waals surface area (Å²) in [7, 11) is 1.80. The molecule has 1 aliphatic heterocycles. The summed E-state index contributed by atoms with van der Waals surface area (Å²) in [5.74, 6) is 1.28. The number of aromatic nitrogens is 4. The molecule has 3 aromatic heterocycles. The van der Waals surface area contributed by atoms with Crippen LogP contribution in [-0.4, -0.2) is 50.6 Å². The van der Waals surface area contributed by atoms with Gasteiger partial charge in [0.1, 0.15) is 5.82 Å². The van der Waals surface area contributed by atoms with Gasteiger partial charge < -0.3 is 9.47 Å². The van der Waals surface area contributed by atoms with Gasteiger partial charge in [-0.25, -0.2) is 15.0 Å². The van der Waals surface area contributed by atoms with Crippen molar-refractivity contribution in [3.8, 4) is 11.1 Å². The zero-order valence-corrected chi connectivity index (χ0v) is 19.8. The van der Waals surface area contributed by atoms with E-state index in [1.807, 2.05) is 19.2 Å². The molecule has 0 bridgehead atoms. The summed E-state index contributed by atoms with van der Waals surface area (Å²) in [6.07, 6.45) is 5.48. The SMILES string of the molecule is Cc1cc(-c2ccc(N3CCN(Cc4cnc(Cl)nc4)CC3)nc2C(C)C)cn(C)c1=O. The lowest BCUT2D eigenvalue weighted by molar-refractivity contribution is 0.249. The van der Waals surface area contributed by atoms with Crippen LogP contribution in [0.15, 0.2) is 41.6 Å². The highest BCUT2D eigenvalue weighted by molar-refractivity contribution is 6.28. The molecule has 0 atom stereocenters. The number of rotatable bonds is 5. The lowest BCUT2D eigenvalue weighted by Gasteiger charge is -2.35. The second-order valence-electron chi connectivity index (χ2n) is 8.71. The smallest absolute Gasteiger partial charge is 0.253 e. The first-order chi connectivity index (χ1) is 15.3. The molecule has 0 radical (unpaired) electrons. The molecule has 0 aliphatic carbocycles. The van der Waals surface area contributed by atoms with Crippen LogP contribution >= 0.6 is 11.6 Å². The summed E-state index contributed by atoms with van der Waals surface area (Å²) in [4.78, 5) is 30.1. The fraction of sp³-hybridized carbons (Fsp3) is 0.417. The highest BCUT2D eigenvalue weighted by atomic mass is 35.5. The molecule has 4 rings (SSSR count). The molecule has 0 aromatic carbocycles. The van der Waals surface area contributed by atoms with Gasteiger partial charge >= 0.3 is 0 Å². The standard InChI is InChI=1S/C24H29ClN6O/c1-16(2)22-20(19-11-17(3)23(32)29(4)15-19)5-6-21(28-22)31-9-7-30(8-10-31)14-18-12-26-24(25)27-13-18/h5-6,11-13,15-16H,7-10,14H2,1-4H3. The van der Waals surface area contributed by atoms with Crippen molar-refractivity contribution in [3.63, 3.8) is 0 Å². The Morgan fingerprint density at radius 2 is 1.78 bits per heavy atom. The number of halogens is 1. The van der Waals surface area contributed by atoms with Gasteiger partial charge in [-0.05, 0) is 42.6 Å². The summed E-state index contributed by atoms with van der Waals surface area (Å²) >= 11 is 5.78. The minimum Gasteiger partial charge on any atom is -0.354 e. The number of aryl methyl sites for hydroxylation is 2. The van der Waals surface area contributed by atoms with Crippen LogP contribution in [0.5, 0.6) is 0 Å². The van der Waals surface area contributed by atoms with Crippen molar-refractivity contribution in [1.29, 1.82) is 0 Å². The van der Waals surface area contributed by atoms with Crippen molar-refractivity contribution in [2.75, 3.05) is 31.1 Å². The summed E-state index contributed by atoms with van der Waals surface area (Å²) in [5, 5.41) is 0.280. The van der Waals surface area contributed by atoms with E-state index >= 15 is 0 Å². The van der Waals surface area contributed by atoms with Crippen molar-refractivity contribution in [2.45, 2.75) is 33.2 Å². The molecule has 1 fully saturated rings. The number of pyridine rings is 2. The number of nitrogens with zero attached hydrogens (tertiary/aromatic N) is 6. The zero-order chi connectivity index (χ0) is 22.8. The fourth-order valence-corrected chi connectivity index (χ4v) is 4.26. The molecule has 32 heavy (non-hydrogen) atoms. The largest absolute Gasteiger partial charge is 0.354 e. The van der Waals surface area contributed by atoms with Crippen molar-refractivity contribution < 1.29 is 0 Å². The predicted octanol–water partition coefficient (Wildman–Crippen LogP) is 3.64. The van der Waals surface area contributed by atoms with E-state index in [1.165, 1.54) is 0 Å². The summed E-state index contributed by atoms with van der Waals surface area (Å²) < 4.78 is 1.65. The van der Waals surface area contributed by atoms with E-state index in [1.54, 1.807) is 24.0 Å². The van der Waals surface area contributed by atoms with Gasteiger partial charge in [0.05, 0.1) is 5.69 Å². The molecule has 3 aromatic rings. The third-order valence-electron chi connectivity index (χ3n) is 5.91. The Morgan fingerprint density at radius 3 is 2.41 bits per heavy atom. The molecule has 1 saturated heterocycles. The van der Waals surface area contributed by atoms with Gasteiger partial charge in [-0.2, -0.15) is 0 Å². The molecule has 4 heterocycles. The second kappa shape index (κ2) is 9.38. The topological polar surface area (TPSA) is 67.2 Å². The van der Waals surface area contributed by atoms with Crippen LogP contribution in [0.25, 0.3) is 11.1 Å². The molecule has 168 valence electrons. The van der Waals surface area contributed by atoms with E-state index in [-0.39, 0.29) is 16.8 Å². The Kier molecular flexibility index (Phi) is 6.58. The third kappa shape index (κ3) is 4.84. The molecule has 8 heteroatoms. The van der Waals surface area contributed by atoms with E-state index in [9.17, 15) is 4.79 Å². The Labute approximate surface area is 193 Å². The van der Waals surface area contributed by atoms with Gasteiger partial charge in [0.15, 0.2) is 0 Å². The van der Waals surface area contributed by atoms with Crippen molar-refractivity contribution in [2.24, 2.45) is 7.05 Å². The first-order valence-corrected chi connectivity index (χ1v) is 11.3. The van der Waals surface area contributed by atoms with Gasteiger partial charge in [0, 0.05) is 80.6 Å². The number of hydrogen-bond donors (Lipinski definition) is 0. The van der Waals surface area contributed by atoms with Crippen molar-refractivity contribution >= 4 is 17.4 Å². The van der Waals surface area contributed by atoms with E-state index in [2.05, 4.69) is 45.7 Å². The molecule has 0 spiro atoms. The molecule has 1 aliphatic rings. The predicted molar refractivity (Wildman–Crippen MR) is 128 cm³/mol. The van der Waals surface area contributed by atoms with Gasteiger partial charge in [-0.3, -0.25) is 9.69 Å². The lowest BCUT2D eigenvalue weighted by Crippen LogP contribution is -2.46. The summed E-state index contributed by atoms with van der Waals surface area (Å²) in [6.45, 7) is 10.7. The lowest BCUT2D eigenvalue weighted by atomic mass is 9.97. The molecular formula is C24H29ClN6O. The van der Waals surface area contributed by atoms with Crippen LogP contribution in [0, 0.1) is 6.92 Å². The summed E-state index contributed by atoms with van der Waals surface area (Å²) in [5.41, 5.74) is 5.02. The van der Waals surface area contributed by atoms with Crippen molar-refractivity contribution in [1.82, 2.24) is 24.4 Å². The van der Waals surface area contributed by atoms with E-state index in [4.69, 9.17) is 16.6 Å². The number of piperazine rings is 1. The third-order valence-corrected chi connectivity index (χ3v) is 6.10. The van der Waals surface area contributed by atoms with Crippen molar-refractivity contribution in [3.05, 3.63) is 69.2 Å². The van der Waals surface area contributed by atoms with E-state index in [0.29, 0.717) is 0 Å². The quantitative estimate of drug-likeness (QED) is 0.550. The fourth-order valence-electron chi connectivity index (χ4n) is 4.16. The van der Waals surface area contributed by atoms with Gasteiger partial charge in [0.25, 0.3) is 5.56 Å². The maximum atomic E-state index is 12.1. The van der Waals surface area contributed by atoms with Gasteiger partial charge in [0.2, 0.25) is 5.28 Å². The minimum atomic E-state index is 0.0347. The zero-order valence-electron chi connectivity index (χ0n) is 19.0. The first-order valence-electron chi connectivity index (χ1n) is 10.9. The monoisotopic (exact) mass is 452 g/mol. The van der Waals surface area contributed by atoms with Crippen LogP contribution < -0.4 is 10.5 Å². The highest BCUT2D eigenvalue weighted by Gasteiger charge is 2.21. The molecular weight excluding hydrogens is 424 g/mol. The maximum Gasteiger partial charge on any atom is 0.253 e. The van der Waals surface area contributed by atoms with Crippen LogP contribution in [0.1, 0.15) is 36.6 Å². The van der Waals surface area contributed by atoms with Gasteiger partial charge in [-0.15, -0.1) is 0 Å². The van der Waals surface area contributed by atoms with Crippen LogP contribution in [-0.2, 0) is 13.6 Å². The van der Waals surface area contributed by atoms with Crippen LogP contribution in [0.3, 0.4) is 0 Å². The summed E-state index contributed by atoms with van der Waals surface area (Å²) in [6, 6.07) is 6.21. The Morgan fingerprint density at radius 1 is 1.09 bits per heavy atom. The minimum absolute atomic E-state index is 0.0347. The molecule has 0 saturated carbocycles. The molecule has 0 N–H and O–H groups in total. The Bertz CT molecular complexity index is 1120. The molecule has 0 unspecified atom stereocenters.